The van der Waals surface area contributed by atoms with Gasteiger partial charge in [0.25, 0.3) is 0 Å². The molecule has 0 radical (unpaired) electrons. The van der Waals surface area contributed by atoms with Crippen LogP contribution in [0.15, 0.2) is 72.8 Å². The molecule has 0 unspecified atom stereocenters. The summed E-state index contributed by atoms with van der Waals surface area (Å²) in [7, 11) is 0. The first-order valence-corrected chi connectivity index (χ1v) is 11.4. The van der Waals surface area contributed by atoms with Gasteiger partial charge in [-0.05, 0) is 69.3 Å². The van der Waals surface area contributed by atoms with Gasteiger partial charge in [0.05, 0.1) is 0 Å². The second-order valence-corrected chi connectivity index (χ2v) is 11.7. The standard InChI is InChI=1S/C30H39N/c1-28(2,3)22-13-10-16-25(19-22)31(26-17-11-14-23(20-26)29(4,5)6)27-18-12-15-24(21-27)30(7,8)9/h10-21H,1-9H3. The highest BCUT2D eigenvalue weighted by Crippen LogP contribution is 2.39. The number of nitrogens with zero attached hydrogens (tertiary/aromatic N) is 1. The first-order valence-electron chi connectivity index (χ1n) is 11.4. The largest absolute Gasteiger partial charge is 0.310 e. The molecule has 0 saturated carbocycles. The molecule has 3 aromatic carbocycles. The molecule has 0 aromatic heterocycles. The maximum absolute atomic E-state index is 2.40. The summed E-state index contributed by atoms with van der Waals surface area (Å²) in [5.41, 5.74) is 7.92. The molecule has 3 aromatic rings. The number of hydrogen-bond acceptors (Lipinski definition) is 1. The molecule has 0 bridgehead atoms. The molecule has 31 heavy (non-hydrogen) atoms. The molecule has 1 heteroatoms. The van der Waals surface area contributed by atoms with E-state index < -0.39 is 0 Å². The fourth-order valence-electron chi connectivity index (χ4n) is 3.78. The third-order valence-corrected chi connectivity index (χ3v) is 5.91. The zero-order chi connectivity index (χ0) is 23.0. The summed E-state index contributed by atoms with van der Waals surface area (Å²) in [6.07, 6.45) is 0. The lowest BCUT2D eigenvalue weighted by Gasteiger charge is -2.30. The lowest BCUT2D eigenvalue weighted by Crippen LogP contribution is -2.17. The number of rotatable bonds is 3. The van der Waals surface area contributed by atoms with E-state index in [1.54, 1.807) is 0 Å². The molecular weight excluding hydrogens is 374 g/mol. The van der Waals surface area contributed by atoms with Crippen molar-refractivity contribution in [2.75, 3.05) is 4.90 Å². The SMILES string of the molecule is CC(C)(C)c1cccc(N(c2cccc(C(C)(C)C)c2)c2cccc(C(C)(C)C)c2)c1. The van der Waals surface area contributed by atoms with Crippen molar-refractivity contribution in [1.29, 1.82) is 0 Å². The molecule has 0 saturated heterocycles. The molecule has 0 aliphatic rings. The van der Waals surface area contributed by atoms with Crippen LogP contribution in [-0.2, 0) is 16.2 Å². The Morgan fingerprint density at radius 1 is 0.419 bits per heavy atom. The normalized spacial score (nSPS) is 12.7. The average Bonchev–Trinajstić information content (AvgIpc) is 2.67. The highest BCUT2D eigenvalue weighted by Gasteiger charge is 2.21. The van der Waals surface area contributed by atoms with Gasteiger partial charge in [0.1, 0.15) is 0 Å². The van der Waals surface area contributed by atoms with Gasteiger partial charge in [0.2, 0.25) is 0 Å². The Morgan fingerprint density at radius 2 is 0.677 bits per heavy atom. The molecule has 0 aliphatic heterocycles. The van der Waals surface area contributed by atoms with E-state index in [1.807, 2.05) is 0 Å². The summed E-state index contributed by atoms with van der Waals surface area (Å²) in [5.74, 6) is 0. The van der Waals surface area contributed by atoms with Crippen molar-refractivity contribution >= 4 is 17.1 Å². The van der Waals surface area contributed by atoms with Crippen LogP contribution >= 0.6 is 0 Å². The van der Waals surface area contributed by atoms with E-state index in [0.29, 0.717) is 0 Å². The van der Waals surface area contributed by atoms with Crippen LogP contribution in [0.4, 0.5) is 17.1 Å². The molecule has 0 heterocycles. The van der Waals surface area contributed by atoms with Crippen molar-refractivity contribution in [3.05, 3.63) is 89.5 Å². The molecular formula is C30H39N. The zero-order valence-electron chi connectivity index (χ0n) is 20.9. The zero-order valence-corrected chi connectivity index (χ0v) is 20.9. The smallest absolute Gasteiger partial charge is 0.0464 e. The van der Waals surface area contributed by atoms with E-state index in [1.165, 1.54) is 33.8 Å². The molecule has 0 amide bonds. The van der Waals surface area contributed by atoms with E-state index >= 15 is 0 Å². The Labute approximate surface area is 190 Å². The minimum absolute atomic E-state index is 0.0994. The highest BCUT2D eigenvalue weighted by atomic mass is 15.1. The van der Waals surface area contributed by atoms with Crippen molar-refractivity contribution < 1.29 is 0 Å². The minimum atomic E-state index is 0.0994. The van der Waals surface area contributed by atoms with Gasteiger partial charge in [-0.15, -0.1) is 0 Å². The highest BCUT2D eigenvalue weighted by molar-refractivity contribution is 5.77. The van der Waals surface area contributed by atoms with Gasteiger partial charge in [0, 0.05) is 17.1 Å². The van der Waals surface area contributed by atoms with Gasteiger partial charge in [-0.1, -0.05) is 98.7 Å². The summed E-state index contributed by atoms with van der Waals surface area (Å²) in [5, 5.41) is 0. The molecule has 164 valence electrons. The molecule has 1 nitrogen and oxygen atoms in total. The number of hydrogen-bond donors (Lipinski definition) is 0. The van der Waals surface area contributed by atoms with Gasteiger partial charge in [0.15, 0.2) is 0 Å². The van der Waals surface area contributed by atoms with Crippen LogP contribution in [-0.4, -0.2) is 0 Å². The topological polar surface area (TPSA) is 3.24 Å². The van der Waals surface area contributed by atoms with Gasteiger partial charge in [-0.2, -0.15) is 0 Å². The minimum Gasteiger partial charge on any atom is -0.310 e. The first kappa shape index (κ1) is 23.1. The monoisotopic (exact) mass is 413 g/mol. The Kier molecular flexibility index (Phi) is 6.11. The third kappa shape index (κ3) is 5.39. The van der Waals surface area contributed by atoms with Crippen molar-refractivity contribution in [3.8, 4) is 0 Å². The van der Waals surface area contributed by atoms with E-state index in [0.717, 1.165) is 0 Å². The van der Waals surface area contributed by atoms with Crippen molar-refractivity contribution in [2.24, 2.45) is 0 Å². The fraction of sp³-hybridized carbons (Fsp3) is 0.400. The summed E-state index contributed by atoms with van der Waals surface area (Å²) in [6, 6.07) is 27.0. The first-order chi connectivity index (χ1) is 14.3. The van der Waals surface area contributed by atoms with Gasteiger partial charge >= 0.3 is 0 Å². The quantitative estimate of drug-likeness (QED) is 0.414. The van der Waals surface area contributed by atoms with Gasteiger partial charge < -0.3 is 4.90 Å². The van der Waals surface area contributed by atoms with Crippen LogP contribution in [0.5, 0.6) is 0 Å². The van der Waals surface area contributed by atoms with Crippen LogP contribution in [0.1, 0.15) is 79.0 Å². The second-order valence-electron chi connectivity index (χ2n) is 11.7. The summed E-state index contributed by atoms with van der Waals surface area (Å²) < 4.78 is 0. The van der Waals surface area contributed by atoms with Crippen molar-refractivity contribution in [3.63, 3.8) is 0 Å². The predicted molar refractivity (Wildman–Crippen MR) is 137 cm³/mol. The number of anilines is 3. The van der Waals surface area contributed by atoms with E-state index in [9.17, 15) is 0 Å². The fourth-order valence-corrected chi connectivity index (χ4v) is 3.78. The maximum Gasteiger partial charge on any atom is 0.0464 e. The van der Waals surface area contributed by atoms with Gasteiger partial charge in [-0.3, -0.25) is 0 Å². The molecule has 0 fully saturated rings. The van der Waals surface area contributed by atoms with Crippen LogP contribution in [0.25, 0.3) is 0 Å². The molecule has 0 N–H and O–H groups in total. The Hall–Kier alpha value is -2.54. The Morgan fingerprint density at radius 3 is 0.903 bits per heavy atom. The molecule has 0 atom stereocenters. The number of benzene rings is 3. The van der Waals surface area contributed by atoms with Crippen LogP contribution in [0, 0.1) is 0 Å². The maximum atomic E-state index is 2.40. The van der Waals surface area contributed by atoms with E-state index in [2.05, 4.69) is 140 Å². The van der Waals surface area contributed by atoms with Crippen LogP contribution < -0.4 is 4.90 Å². The Bertz CT molecular complexity index is 902. The second kappa shape index (κ2) is 8.19. The van der Waals surface area contributed by atoms with Gasteiger partial charge in [-0.25, -0.2) is 0 Å². The third-order valence-electron chi connectivity index (χ3n) is 5.91. The lowest BCUT2D eigenvalue weighted by atomic mass is 9.85. The summed E-state index contributed by atoms with van der Waals surface area (Å²) >= 11 is 0. The van der Waals surface area contributed by atoms with E-state index in [4.69, 9.17) is 0 Å². The average molecular weight is 414 g/mol. The van der Waals surface area contributed by atoms with E-state index in [-0.39, 0.29) is 16.2 Å². The Balaban J connectivity index is 2.24. The predicted octanol–water partition coefficient (Wildman–Crippen LogP) is 9.05. The van der Waals surface area contributed by atoms with Crippen molar-refractivity contribution in [2.45, 2.75) is 78.6 Å². The van der Waals surface area contributed by atoms with Crippen LogP contribution in [0.3, 0.4) is 0 Å². The lowest BCUT2D eigenvalue weighted by molar-refractivity contribution is 0.590. The molecule has 3 rings (SSSR count). The molecule has 0 spiro atoms. The summed E-state index contributed by atoms with van der Waals surface area (Å²) in [4.78, 5) is 2.40. The summed E-state index contributed by atoms with van der Waals surface area (Å²) in [6.45, 7) is 20.5. The van der Waals surface area contributed by atoms with Crippen LogP contribution in [0.2, 0.25) is 0 Å². The van der Waals surface area contributed by atoms with Crippen molar-refractivity contribution in [1.82, 2.24) is 0 Å². The molecule has 0 aliphatic carbocycles.